The Bertz CT molecular complexity index is 625. The molecule has 48 heavy (non-hydrogen) atoms. The fraction of sp³-hybridized carbons (Fsp3) is 0.864. The van der Waals surface area contributed by atoms with Crippen molar-refractivity contribution in [3.05, 3.63) is 24.3 Å². The van der Waals surface area contributed by atoms with Crippen LogP contribution >= 0.6 is 0 Å². The lowest BCUT2D eigenvalue weighted by Gasteiger charge is -2.01. The van der Waals surface area contributed by atoms with Crippen LogP contribution in [0.25, 0.3) is 0 Å². The Morgan fingerprint density at radius 1 is 0.312 bits per heavy atom. The Morgan fingerprint density at radius 2 is 0.500 bits per heavy atom. The van der Waals surface area contributed by atoms with E-state index in [1.54, 1.807) is 0 Å². The molecular formula is C44H84O4. The van der Waals surface area contributed by atoms with Gasteiger partial charge in [-0.1, -0.05) is 192 Å². The first-order valence-corrected chi connectivity index (χ1v) is 21.3. The van der Waals surface area contributed by atoms with E-state index in [4.69, 9.17) is 10.2 Å². The summed E-state index contributed by atoms with van der Waals surface area (Å²) in [6, 6.07) is 0. The lowest BCUT2D eigenvalue weighted by molar-refractivity contribution is -0.138. The quantitative estimate of drug-likeness (QED) is 0.0504. The number of carboxylic acids is 2. The Hall–Kier alpha value is -1.58. The molecule has 0 bridgehead atoms. The summed E-state index contributed by atoms with van der Waals surface area (Å²) < 4.78 is 0. The summed E-state index contributed by atoms with van der Waals surface area (Å²) in [6.45, 7) is 4.54. The molecule has 0 saturated heterocycles. The summed E-state index contributed by atoms with van der Waals surface area (Å²) >= 11 is 0. The van der Waals surface area contributed by atoms with Crippen LogP contribution in [0.2, 0.25) is 0 Å². The Kier molecular flexibility index (Phi) is 45.9. The first-order valence-electron chi connectivity index (χ1n) is 21.3. The molecule has 2 N–H and O–H groups in total. The molecule has 0 unspecified atom stereocenters. The van der Waals surface area contributed by atoms with Gasteiger partial charge in [0.2, 0.25) is 0 Å². The fourth-order valence-corrected chi connectivity index (χ4v) is 6.11. The van der Waals surface area contributed by atoms with Crippen molar-refractivity contribution < 1.29 is 19.8 Å². The fourth-order valence-electron chi connectivity index (χ4n) is 6.11. The molecule has 0 aliphatic heterocycles. The zero-order valence-electron chi connectivity index (χ0n) is 32.5. The van der Waals surface area contributed by atoms with E-state index in [9.17, 15) is 9.59 Å². The zero-order chi connectivity index (χ0) is 35.4. The van der Waals surface area contributed by atoms with E-state index in [0.29, 0.717) is 12.8 Å². The first-order chi connectivity index (χ1) is 23.5. The van der Waals surface area contributed by atoms with Crippen LogP contribution in [0.15, 0.2) is 24.3 Å². The Balaban J connectivity index is 0. The molecular weight excluding hydrogens is 592 g/mol. The van der Waals surface area contributed by atoms with Gasteiger partial charge in [-0.25, -0.2) is 0 Å². The van der Waals surface area contributed by atoms with Gasteiger partial charge < -0.3 is 10.2 Å². The van der Waals surface area contributed by atoms with Crippen molar-refractivity contribution in [1.29, 1.82) is 0 Å². The second-order valence-electron chi connectivity index (χ2n) is 14.3. The van der Waals surface area contributed by atoms with Gasteiger partial charge in [-0.2, -0.15) is 0 Å². The van der Waals surface area contributed by atoms with E-state index in [-0.39, 0.29) is 0 Å². The molecule has 0 aliphatic carbocycles. The smallest absolute Gasteiger partial charge is 0.303 e. The van der Waals surface area contributed by atoms with Crippen LogP contribution in [0.1, 0.15) is 245 Å². The van der Waals surface area contributed by atoms with E-state index in [0.717, 1.165) is 25.7 Å². The van der Waals surface area contributed by atoms with Gasteiger partial charge in [-0.05, 0) is 64.2 Å². The van der Waals surface area contributed by atoms with Gasteiger partial charge in [-0.3, -0.25) is 9.59 Å². The average Bonchev–Trinajstić information content (AvgIpc) is 3.07. The van der Waals surface area contributed by atoms with Crippen LogP contribution in [0.3, 0.4) is 0 Å². The molecule has 0 fully saturated rings. The zero-order valence-corrected chi connectivity index (χ0v) is 32.5. The summed E-state index contributed by atoms with van der Waals surface area (Å²) in [5.41, 5.74) is 0. The number of carbonyl (C=O) groups is 2. The van der Waals surface area contributed by atoms with Crippen molar-refractivity contribution in [1.82, 2.24) is 0 Å². The van der Waals surface area contributed by atoms with E-state index in [1.165, 1.54) is 193 Å². The third-order valence-electron chi connectivity index (χ3n) is 9.30. The maximum Gasteiger partial charge on any atom is 0.303 e. The topological polar surface area (TPSA) is 74.6 Å². The number of hydrogen-bond acceptors (Lipinski definition) is 2. The molecule has 0 spiro atoms. The highest BCUT2D eigenvalue weighted by Gasteiger charge is 1.98. The van der Waals surface area contributed by atoms with Crippen LogP contribution in [-0.4, -0.2) is 22.2 Å². The lowest BCUT2D eigenvalue weighted by atomic mass is 10.1. The van der Waals surface area contributed by atoms with Crippen LogP contribution in [0.5, 0.6) is 0 Å². The number of carboxylic acid groups (broad SMARTS) is 2. The van der Waals surface area contributed by atoms with E-state index in [2.05, 4.69) is 38.2 Å². The molecule has 0 aromatic heterocycles. The van der Waals surface area contributed by atoms with Gasteiger partial charge in [0.05, 0.1) is 0 Å². The third-order valence-corrected chi connectivity index (χ3v) is 9.30. The highest BCUT2D eigenvalue weighted by Crippen LogP contribution is 2.14. The summed E-state index contributed by atoms with van der Waals surface area (Å²) in [5, 5.41) is 17.1. The molecule has 0 saturated carbocycles. The van der Waals surface area contributed by atoms with Crippen molar-refractivity contribution in [3.8, 4) is 0 Å². The van der Waals surface area contributed by atoms with Crippen molar-refractivity contribution in [3.63, 3.8) is 0 Å². The van der Waals surface area contributed by atoms with Crippen LogP contribution < -0.4 is 0 Å². The largest absolute Gasteiger partial charge is 0.481 e. The highest BCUT2D eigenvalue weighted by atomic mass is 16.4. The molecule has 0 aromatic rings. The molecule has 4 heteroatoms. The maximum absolute atomic E-state index is 10.4. The molecule has 4 nitrogen and oxygen atoms in total. The minimum atomic E-state index is -0.656. The van der Waals surface area contributed by atoms with Crippen molar-refractivity contribution >= 4 is 11.9 Å². The van der Waals surface area contributed by atoms with Crippen LogP contribution in [0.4, 0.5) is 0 Å². The monoisotopic (exact) mass is 677 g/mol. The number of aliphatic carboxylic acids is 2. The lowest BCUT2D eigenvalue weighted by Crippen LogP contribution is -1.93. The normalized spacial score (nSPS) is 11.4. The predicted octanol–water partition coefficient (Wildman–Crippen LogP) is 15.3. The molecule has 284 valence electrons. The third kappa shape index (κ3) is 51.3. The molecule has 0 aromatic carbocycles. The van der Waals surface area contributed by atoms with Crippen molar-refractivity contribution in [2.24, 2.45) is 0 Å². The molecule has 0 aliphatic rings. The number of allylic oxidation sites excluding steroid dienone is 4. The number of unbranched alkanes of at least 4 members (excludes halogenated alkanes) is 30. The van der Waals surface area contributed by atoms with E-state index in [1.807, 2.05) is 0 Å². The van der Waals surface area contributed by atoms with Gasteiger partial charge in [0.1, 0.15) is 0 Å². The minimum absolute atomic E-state index is 0.340. The molecule has 0 amide bonds. The van der Waals surface area contributed by atoms with Gasteiger partial charge >= 0.3 is 11.9 Å². The first kappa shape index (κ1) is 48.5. The summed E-state index contributed by atoms with van der Waals surface area (Å²) in [4.78, 5) is 20.8. The predicted molar refractivity (Wildman–Crippen MR) is 211 cm³/mol. The molecule has 0 radical (unpaired) electrons. The minimum Gasteiger partial charge on any atom is -0.481 e. The summed E-state index contributed by atoms with van der Waals surface area (Å²) in [7, 11) is 0. The Labute approximate surface area is 300 Å². The summed E-state index contributed by atoms with van der Waals surface area (Å²) in [5.74, 6) is -1.31. The molecule has 0 rings (SSSR count). The molecule has 0 heterocycles. The van der Waals surface area contributed by atoms with Crippen LogP contribution in [-0.2, 0) is 9.59 Å². The average molecular weight is 677 g/mol. The maximum atomic E-state index is 10.4. The second-order valence-corrected chi connectivity index (χ2v) is 14.3. The number of rotatable bonds is 38. The highest BCUT2D eigenvalue weighted by molar-refractivity contribution is 5.66. The van der Waals surface area contributed by atoms with Crippen molar-refractivity contribution in [2.45, 2.75) is 245 Å². The van der Waals surface area contributed by atoms with E-state index >= 15 is 0 Å². The molecule has 0 atom stereocenters. The van der Waals surface area contributed by atoms with Crippen molar-refractivity contribution in [2.75, 3.05) is 0 Å². The number of hydrogen-bond donors (Lipinski definition) is 2. The van der Waals surface area contributed by atoms with Gasteiger partial charge in [0.15, 0.2) is 0 Å². The Morgan fingerprint density at radius 3 is 0.708 bits per heavy atom. The van der Waals surface area contributed by atoms with Crippen LogP contribution in [0, 0.1) is 0 Å². The summed E-state index contributed by atoms with van der Waals surface area (Å²) in [6.07, 6.45) is 54.2. The second kappa shape index (κ2) is 45.4. The SMILES string of the molecule is CCCCCCCC/C=C/CCCCCCCCCCCC(=O)O.CCCCCCCC/C=C/CCCCCCCCCCCC(=O)O. The standard InChI is InChI=1S/2C22H42O2/c2*1-2-3-4-5-6-7-8-9-10-11-12-13-14-15-16-17-18-19-20-21-22(23)24/h2*9-10H,2-8,11-21H2,1H3,(H,23,24)/b2*10-9+. The van der Waals surface area contributed by atoms with Gasteiger partial charge in [0, 0.05) is 12.8 Å². The van der Waals surface area contributed by atoms with Gasteiger partial charge in [-0.15, -0.1) is 0 Å². The van der Waals surface area contributed by atoms with E-state index < -0.39 is 11.9 Å². The van der Waals surface area contributed by atoms with Gasteiger partial charge in [0.25, 0.3) is 0 Å².